The SMILES string of the molecule is CCCN1C(=O)C2C=CC=CC2C1=O. The molecule has 14 heavy (non-hydrogen) atoms. The van der Waals surface area contributed by atoms with Crippen LogP contribution in [-0.2, 0) is 9.59 Å². The summed E-state index contributed by atoms with van der Waals surface area (Å²) in [6.45, 7) is 2.51. The number of hydrogen-bond acceptors (Lipinski definition) is 2. The summed E-state index contributed by atoms with van der Waals surface area (Å²) in [5.74, 6) is -0.553. The van der Waals surface area contributed by atoms with E-state index in [1.807, 2.05) is 31.2 Å². The summed E-state index contributed by atoms with van der Waals surface area (Å²) in [6.07, 6.45) is 8.13. The largest absolute Gasteiger partial charge is 0.282 e. The Bertz CT molecular complexity index is 300. The van der Waals surface area contributed by atoms with Crippen LogP contribution in [0.2, 0.25) is 0 Å². The number of imide groups is 1. The zero-order valence-corrected chi connectivity index (χ0v) is 8.14. The van der Waals surface area contributed by atoms with Crippen molar-refractivity contribution < 1.29 is 9.59 Å². The van der Waals surface area contributed by atoms with Crippen LogP contribution in [0.1, 0.15) is 13.3 Å². The number of nitrogens with zero attached hydrogens (tertiary/aromatic N) is 1. The second kappa shape index (κ2) is 3.40. The molecule has 0 aromatic heterocycles. The van der Waals surface area contributed by atoms with E-state index in [-0.39, 0.29) is 23.7 Å². The first kappa shape index (κ1) is 9.19. The van der Waals surface area contributed by atoms with Crippen LogP contribution >= 0.6 is 0 Å². The molecule has 3 nitrogen and oxygen atoms in total. The molecular formula is C11H13NO2. The molecule has 0 aromatic carbocycles. The molecule has 2 unspecified atom stereocenters. The molecule has 0 bridgehead atoms. The minimum Gasteiger partial charge on any atom is -0.282 e. The maximum atomic E-state index is 11.8. The van der Waals surface area contributed by atoms with Gasteiger partial charge in [-0.1, -0.05) is 31.2 Å². The molecule has 0 radical (unpaired) electrons. The summed E-state index contributed by atoms with van der Waals surface area (Å²) in [5.41, 5.74) is 0. The van der Waals surface area contributed by atoms with E-state index in [1.54, 1.807) is 0 Å². The number of allylic oxidation sites excluding steroid dienone is 2. The van der Waals surface area contributed by atoms with Crippen molar-refractivity contribution in [2.45, 2.75) is 13.3 Å². The Morgan fingerprint density at radius 1 is 1.14 bits per heavy atom. The molecule has 2 aliphatic rings. The molecule has 1 saturated heterocycles. The summed E-state index contributed by atoms with van der Waals surface area (Å²) in [6, 6.07) is 0. The second-order valence-electron chi connectivity index (χ2n) is 3.65. The standard InChI is InChI=1S/C11H13NO2/c1-2-7-12-10(13)8-5-3-4-6-9(8)11(12)14/h3-6,8-9H,2,7H2,1H3. The average molecular weight is 191 g/mol. The van der Waals surface area contributed by atoms with E-state index in [0.717, 1.165) is 6.42 Å². The smallest absolute Gasteiger partial charge is 0.237 e. The molecule has 2 amide bonds. The van der Waals surface area contributed by atoms with Crippen molar-refractivity contribution in [3.05, 3.63) is 24.3 Å². The fourth-order valence-corrected chi connectivity index (χ4v) is 1.99. The number of amides is 2. The van der Waals surface area contributed by atoms with Crippen LogP contribution in [0.5, 0.6) is 0 Å². The Labute approximate surface area is 83.1 Å². The van der Waals surface area contributed by atoms with E-state index < -0.39 is 0 Å². The van der Waals surface area contributed by atoms with Crippen molar-refractivity contribution in [3.63, 3.8) is 0 Å². The second-order valence-corrected chi connectivity index (χ2v) is 3.65. The highest BCUT2D eigenvalue weighted by Gasteiger charge is 2.44. The van der Waals surface area contributed by atoms with E-state index in [2.05, 4.69) is 0 Å². The molecule has 3 heteroatoms. The summed E-state index contributed by atoms with van der Waals surface area (Å²) in [7, 11) is 0. The number of carbonyl (C=O) groups is 2. The lowest BCUT2D eigenvalue weighted by molar-refractivity contribution is -0.139. The van der Waals surface area contributed by atoms with Crippen LogP contribution in [-0.4, -0.2) is 23.3 Å². The van der Waals surface area contributed by atoms with E-state index in [4.69, 9.17) is 0 Å². The van der Waals surface area contributed by atoms with Crippen molar-refractivity contribution in [1.82, 2.24) is 4.90 Å². The molecule has 2 rings (SSSR count). The Morgan fingerprint density at radius 3 is 2.07 bits per heavy atom. The first-order valence-electron chi connectivity index (χ1n) is 4.96. The van der Waals surface area contributed by atoms with Gasteiger partial charge in [0.1, 0.15) is 0 Å². The topological polar surface area (TPSA) is 37.4 Å². The third-order valence-corrected chi connectivity index (χ3v) is 2.68. The summed E-state index contributed by atoms with van der Waals surface area (Å²) < 4.78 is 0. The Kier molecular flexibility index (Phi) is 2.23. The van der Waals surface area contributed by atoms with Gasteiger partial charge in [-0.3, -0.25) is 14.5 Å². The highest BCUT2D eigenvalue weighted by Crippen LogP contribution is 2.30. The maximum Gasteiger partial charge on any atom is 0.237 e. The highest BCUT2D eigenvalue weighted by molar-refractivity contribution is 6.07. The van der Waals surface area contributed by atoms with Gasteiger partial charge in [-0.15, -0.1) is 0 Å². The van der Waals surface area contributed by atoms with Crippen LogP contribution in [0.3, 0.4) is 0 Å². The van der Waals surface area contributed by atoms with Gasteiger partial charge < -0.3 is 0 Å². The predicted octanol–water partition coefficient (Wildman–Crippen LogP) is 1.12. The van der Waals surface area contributed by atoms with Crippen LogP contribution < -0.4 is 0 Å². The van der Waals surface area contributed by atoms with Gasteiger partial charge in [0.2, 0.25) is 11.8 Å². The van der Waals surface area contributed by atoms with Crippen molar-refractivity contribution in [2.75, 3.05) is 6.54 Å². The lowest BCUT2D eigenvalue weighted by atomic mass is 9.91. The van der Waals surface area contributed by atoms with Crippen molar-refractivity contribution in [3.8, 4) is 0 Å². The average Bonchev–Trinajstić information content (AvgIpc) is 2.45. The summed E-state index contributed by atoms with van der Waals surface area (Å²) >= 11 is 0. The third-order valence-electron chi connectivity index (χ3n) is 2.68. The van der Waals surface area contributed by atoms with E-state index in [1.165, 1.54) is 4.90 Å². The number of carbonyl (C=O) groups excluding carboxylic acids is 2. The molecule has 0 spiro atoms. The van der Waals surface area contributed by atoms with Gasteiger partial charge in [0.05, 0.1) is 11.8 Å². The monoisotopic (exact) mass is 191 g/mol. The number of likely N-dealkylation sites (tertiary alicyclic amines) is 1. The van der Waals surface area contributed by atoms with E-state index >= 15 is 0 Å². The van der Waals surface area contributed by atoms with Gasteiger partial charge in [-0.2, -0.15) is 0 Å². The van der Waals surface area contributed by atoms with Crippen LogP contribution in [0.15, 0.2) is 24.3 Å². The molecule has 2 atom stereocenters. The minimum atomic E-state index is -0.237. The first-order chi connectivity index (χ1) is 6.75. The van der Waals surface area contributed by atoms with Gasteiger partial charge >= 0.3 is 0 Å². The third kappa shape index (κ3) is 1.20. The van der Waals surface area contributed by atoms with E-state index in [9.17, 15) is 9.59 Å². The lowest BCUT2D eigenvalue weighted by Crippen LogP contribution is -2.31. The zero-order chi connectivity index (χ0) is 10.1. The van der Waals surface area contributed by atoms with Gasteiger partial charge in [-0.05, 0) is 6.42 Å². The van der Waals surface area contributed by atoms with Crippen LogP contribution in [0.4, 0.5) is 0 Å². The summed E-state index contributed by atoms with van der Waals surface area (Å²) in [5, 5.41) is 0. The van der Waals surface area contributed by atoms with Gasteiger partial charge in [0.25, 0.3) is 0 Å². The van der Waals surface area contributed by atoms with Gasteiger partial charge in [-0.25, -0.2) is 0 Å². The molecule has 1 aliphatic carbocycles. The van der Waals surface area contributed by atoms with Crippen LogP contribution in [0.25, 0.3) is 0 Å². The molecule has 0 N–H and O–H groups in total. The number of rotatable bonds is 2. The lowest BCUT2D eigenvalue weighted by Gasteiger charge is -2.11. The van der Waals surface area contributed by atoms with Crippen molar-refractivity contribution in [1.29, 1.82) is 0 Å². The predicted molar refractivity (Wildman–Crippen MR) is 52.3 cm³/mol. The molecule has 1 fully saturated rings. The summed E-state index contributed by atoms with van der Waals surface area (Å²) in [4.78, 5) is 24.9. The molecule has 0 saturated carbocycles. The Balaban J connectivity index is 2.26. The quantitative estimate of drug-likeness (QED) is 0.613. The molecule has 1 aliphatic heterocycles. The number of fused-ring (bicyclic) bond motifs is 1. The van der Waals surface area contributed by atoms with Gasteiger partial charge in [0, 0.05) is 6.54 Å². The first-order valence-corrected chi connectivity index (χ1v) is 4.96. The fraction of sp³-hybridized carbons (Fsp3) is 0.455. The van der Waals surface area contributed by atoms with Crippen molar-refractivity contribution in [2.24, 2.45) is 11.8 Å². The minimum absolute atomic E-state index is 0.0394. The Morgan fingerprint density at radius 2 is 1.64 bits per heavy atom. The zero-order valence-electron chi connectivity index (χ0n) is 8.14. The van der Waals surface area contributed by atoms with E-state index in [0.29, 0.717) is 6.54 Å². The normalized spacial score (nSPS) is 29.9. The maximum absolute atomic E-state index is 11.8. The van der Waals surface area contributed by atoms with Crippen LogP contribution in [0, 0.1) is 11.8 Å². The number of hydrogen-bond donors (Lipinski definition) is 0. The highest BCUT2D eigenvalue weighted by atomic mass is 16.2. The molecule has 0 aromatic rings. The molecule has 1 heterocycles. The molecule has 74 valence electrons. The Hall–Kier alpha value is -1.38. The fourth-order valence-electron chi connectivity index (χ4n) is 1.99. The van der Waals surface area contributed by atoms with Gasteiger partial charge in [0.15, 0.2) is 0 Å². The molecular weight excluding hydrogens is 178 g/mol. The van der Waals surface area contributed by atoms with Crippen molar-refractivity contribution >= 4 is 11.8 Å².